The second-order valence-corrected chi connectivity index (χ2v) is 7.51. The number of halogens is 1. The molecule has 1 aliphatic rings. The van der Waals surface area contributed by atoms with Gasteiger partial charge in [0.1, 0.15) is 5.60 Å². The van der Waals surface area contributed by atoms with Gasteiger partial charge in [-0.25, -0.2) is 4.79 Å². The average molecular weight is 332 g/mol. The van der Waals surface area contributed by atoms with E-state index >= 15 is 0 Å². The van der Waals surface area contributed by atoms with Crippen LogP contribution in [0.3, 0.4) is 0 Å². The number of alkyl halides is 1. The zero-order valence-electron chi connectivity index (χ0n) is 12.6. The summed E-state index contributed by atoms with van der Waals surface area (Å²) >= 11 is 3.67. The van der Waals surface area contributed by atoms with Crippen molar-refractivity contribution < 1.29 is 9.53 Å². The number of alkyl carbamates (subject to hydrolysis) is 1. The van der Waals surface area contributed by atoms with Gasteiger partial charge in [-0.3, -0.25) is 0 Å². The number of allylic oxidation sites excluding steroid dienone is 2. The lowest BCUT2D eigenvalue weighted by Gasteiger charge is -2.31. The van der Waals surface area contributed by atoms with Crippen LogP contribution in [0.4, 0.5) is 4.79 Å². The Balaban J connectivity index is 2.52. The molecule has 0 aromatic carbocycles. The molecule has 110 valence electrons. The zero-order valence-corrected chi connectivity index (χ0v) is 14.2. The van der Waals surface area contributed by atoms with Crippen LogP contribution in [0.1, 0.15) is 53.9 Å². The second kappa shape index (κ2) is 6.78. The summed E-state index contributed by atoms with van der Waals surface area (Å²) in [5.74, 6) is 0.469. The van der Waals surface area contributed by atoms with Gasteiger partial charge in [-0.2, -0.15) is 0 Å². The molecule has 3 atom stereocenters. The Labute approximate surface area is 125 Å². The van der Waals surface area contributed by atoms with E-state index in [1.165, 1.54) is 5.57 Å². The number of carbonyl (C=O) groups excluding carboxylic acids is 1. The van der Waals surface area contributed by atoms with Crippen molar-refractivity contribution in [2.75, 3.05) is 0 Å². The van der Waals surface area contributed by atoms with Crippen LogP contribution in [0.25, 0.3) is 0 Å². The molecule has 4 heteroatoms. The number of rotatable bonds is 3. The van der Waals surface area contributed by atoms with Gasteiger partial charge in [0, 0.05) is 10.9 Å². The van der Waals surface area contributed by atoms with Gasteiger partial charge in [0.2, 0.25) is 0 Å². The molecule has 19 heavy (non-hydrogen) atoms. The van der Waals surface area contributed by atoms with E-state index in [-0.39, 0.29) is 12.1 Å². The van der Waals surface area contributed by atoms with Gasteiger partial charge in [-0.15, -0.1) is 0 Å². The van der Waals surface area contributed by atoms with Crippen molar-refractivity contribution in [2.45, 2.75) is 70.4 Å². The highest BCUT2D eigenvalue weighted by Gasteiger charge is 2.27. The number of amides is 1. The van der Waals surface area contributed by atoms with E-state index in [1.54, 1.807) is 0 Å². The SMILES string of the molecule is CCC1=CC(Br)C[C@H](C(C)NC(=O)OC(C)(C)C)C1. The molecule has 0 aliphatic heterocycles. The summed E-state index contributed by atoms with van der Waals surface area (Å²) in [5, 5.41) is 2.96. The number of ether oxygens (including phenoxy) is 1. The molecule has 1 rings (SSSR count). The molecule has 0 radical (unpaired) electrons. The maximum atomic E-state index is 11.8. The number of hydrogen-bond donors (Lipinski definition) is 1. The minimum Gasteiger partial charge on any atom is -0.444 e. The van der Waals surface area contributed by atoms with Crippen LogP contribution in [0.15, 0.2) is 11.6 Å². The quantitative estimate of drug-likeness (QED) is 0.614. The maximum absolute atomic E-state index is 11.8. The van der Waals surface area contributed by atoms with Crippen LogP contribution >= 0.6 is 15.9 Å². The topological polar surface area (TPSA) is 38.3 Å². The summed E-state index contributed by atoms with van der Waals surface area (Å²) in [6, 6.07) is 0.130. The van der Waals surface area contributed by atoms with Crippen molar-refractivity contribution in [3.63, 3.8) is 0 Å². The van der Waals surface area contributed by atoms with Crippen molar-refractivity contribution >= 4 is 22.0 Å². The summed E-state index contributed by atoms with van der Waals surface area (Å²) in [6.45, 7) is 9.88. The Kier molecular flexibility index (Phi) is 5.90. The van der Waals surface area contributed by atoms with E-state index in [9.17, 15) is 4.79 Å². The summed E-state index contributed by atoms with van der Waals surface area (Å²) in [4.78, 5) is 12.2. The first-order valence-electron chi connectivity index (χ1n) is 7.04. The predicted molar refractivity (Wildman–Crippen MR) is 82.6 cm³/mol. The predicted octanol–water partition coefficient (Wildman–Crippen LogP) is 4.41. The van der Waals surface area contributed by atoms with E-state index in [0.717, 1.165) is 19.3 Å². The molecular formula is C15H26BrNO2. The van der Waals surface area contributed by atoms with Gasteiger partial charge in [-0.1, -0.05) is 34.5 Å². The van der Waals surface area contributed by atoms with E-state index < -0.39 is 5.60 Å². The Bertz CT molecular complexity index is 347. The van der Waals surface area contributed by atoms with Crippen LogP contribution < -0.4 is 5.32 Å². The zero-order chi connectivity index (χ0) is 14.6. The third kappa shape index (κ3) is 5.98. The van der Waals surface area contributed by atoms with Gasteiger partial charge in [0.05, 0.1) is 0 Å². The molecule has 2 unspecified atom stereocenters. The molecule has 0 heterocycles. The lowest BCUT2D eigenvalue weighted by atomic mass is 9.83. The highest BCUT2D eigenvalue weighted by atomic mass is 79.9. The third-order valence-electron chi connectivity index (χ3n) is 3.37. The smallest absolute Gasteiger partial charge is 0.407 e. The first kappa shape index (κ1) is 16.5. The van der Waals surface area contributed by atoms with Crippen LogP contribution in [0, 0.1) is 5.92 Å². The van der Waals surface area contributed by atoms with Gasteiger partial charge < -0.3 is 10.1 Å². The fraction of sp³-hybridized carbons (Fsp3) is 0.800. The highest BCUT2D eigenvalue weighted by molar-refractivity contribution is 9.09. The molecule has 0 spiro atoms. The number of carbonyl (C=O) groups is 1. The minimum atomic E-state index is -0.442. The number of nitrogens with one attached hydrogen (secondary N) is 1. The lowest BCUT2D eigenvalue weighted by molar-refractivity contribution is 0.0489. The Morgan fingerprint density at radius 2 is 2.21 bits per heavy atom. The molecule has 0 saturated heterocycles. The first-order valence-corrected chi connectivity index (χ1v) is 7.96. The van der Waals surface area contributed by atoms with E-state index in [2.05, 4.69) is 41.2 Å². The van der Waals surface area contributed by atoms with E-state index in [0.29, 0.717) is 10.7 Å². The van der Waals surface area contributed by atoms with E-state index in [4.69, 9.17) is 4.74 Å². The molecule has 0 aromatic heterocycles. The molecule has 1 amide bonds. The van der Waals surface area contributed by atoms with Gasteiger partial charge in [0.15, 0.2) is 0 Å². The third-order valence-corrected chi connectivity index (χ3v) is 4.01. The van der Waals surface area contributed by atoms with Crippen molar-refractivity contribution in [1.29, 1.82) is 0 Å². The van der Waals surface area contributed by atoms with E-state index in [1.807, 2.05) is 20.8 Å². The monoisotopic (exact) mass is 331 g/mol. The Morgan fingerprint density at radius 3 is 2.74 bits per heavy atom. The minimum absolute atomic E-state index is 0.130. The summed E-state index contributed by atoms with van der Waals surface area (Å²) < 4.78 is 5.30. The van der Waals surface area contributed by atoms with Crippen LogP contribution in [0.5, 0.6) is 0 Å². The van der Waals surface area contributed by atoms with Crippen LogP contribution in [0.2, 0.25) is 0 Å². The van der Waals surface area contributed by atoms with Gasteiger partial charge in [-0.05, 0) is 52.9 Å². The highest BCUT2D eigenvalue weighted by Crippen LogP contribution is 2.32. The van der Waals surface area contributed by atoms with Crippen molar-refractivity contribution in [3.05, 3.63) is 11.6 Å². The Hall–Kier alpha value is -0.510. The summed E-state index contributed by atoms with van der Waals surface area (Å²) in [7, 11) is 0. The molecule has 0 aromatic rings. The second-order valence-electron chi connectivity index (χ2n) is 6.33. The molecule has 1 aliphatic carbocycles. The lowest BCUT2D eigenvalue weighted by Crippen LogP contribution is -2.42. The molecular weight excluding hydrogens is 306 g/mol. The van der Waals surface area contributed by atoms with Gasteiger partial charge in [0.25, 0.3) is 0 Å². The molecule has 0 bridgehead atoms. The van der Waals surface area contributed by atoms with Crippen LogP contribution in [-0.4, -0.2) is 22.6 Å². The van der Waals surface area contributed by atoms with Crippen molar-refractivity contribution in [2.24, 2.45) is 5.92 Å². The first-order chi connectivity index (χ1) is 8.71. The fourth-order valence-corrected chi connectivity index (χ4v) is 3.21. The summed E-state index contributed by atoms with van der Waals surface area (Å²) in [5.41, 5.74) is 1.03. The largest absolute Gasteiger partial charge is 0.444 e. The number of hydrogen-bond acceptors (Lipinski definition) is 2. The standard InChI is InChI=1S/C15H26BrNO2/c1-6-11-7-12(9-13(16)8-11)10(2)17-14(18)19-15(3,4)5/h8,10,12-13H,6-7,9H2,1-5H3,(H,17,18)/t10?,12-,13?/m1/s1. The molecule has 0 saturated carbocycles. The van der Waals surface area contributed by atoms with Gasteiger partial charge >= 0.3 is 6.09 Å². The van der Waals surface area contributed by atoms with Crippen molar-refractivity contribution in [1.82, 2.24) is 5.32 Å². The fourth-order valence-electron chi connectivity index (χ4n) is 2.36. The summed E-state index contributed by atoms with van der Waals surface area (Å²) in [6.07, 6.45) is 5.18. The normalized spacial score (nSPS) is 25.5. The average Bonchev–Trinajstić information content (AvgIpc) is 2.25. The molecule has 0 fully saturated rings. The Morgan fingerprint density at radius 1 is 1.58 bits per heavy atom. The maximum Gasteiger partial charge on any atom is 0.407 e. The van der Waals surface area contributed by atoms with Crippen molar-refractivity contribution in [3.8, 4) is 0 Å². The molecule has 3 nitrogen and oxygen atoms in total. The van der Waals surface area contributed by atoms with Crippen LogP contribution in [-0.2, 0) is 4.74 Å². The molecule has 1 N–H and O–H groups in total.